The fourth-order valence-electron chi connectivity index (χ4n) is 2.05. The summed E-state index contributed by atoms with van der Waals surface area (Å²) in [5, 5.41) is 5.26. The van der Waals surface area contributed by atoms with Gasteiger partial charge in [0.1, 0.15) is 5.75 Å². The summed E-state index contributed by atoms with van der Waals surface area (Å²) in [6.07, 6.45) is 0.646. The van der Waals surface area contributed by atoms with Gasteiger partial charge in [0.05, 0.1) is 18.4 Å². The van der Waals surface area contributed by atoms with E-state index in [1.807, 2.05) is 19.1 Å². The van der Waals surface area contributed by atoms with Crippen molar-refractivity contribution in [2.75, 3.05) is 7.11 Å². The predicted molar refractivity (Wildman–Crippen MR) is 93.8 cm³/mol. The molecule has 0 atom stereocenters. The smallest absolute Gasteiger partial charge is 0.275 e. The molecule has 2 aromatic carbocycles. The van der Waals surface area contributed by atoms with Gasteiger partial charge in [0.25, 0.3) is 5.91 Å². The zero-order chi connectivity index (χ0) is 16.8. The molecular weight excluding hydrogens is 335 g/mol. The van der Waals surface area contributed by atoms with Gasteiger partial charge < -0.3 is 4.74 Å². The maximum Gasteiger partial charge on any atom is 0.275 e. The number of nitrogens with zero attached hydrogens (tertiary/aromatic N) is 1. The van der Waals surface area contributed by atoms with Gasteiger partial charge in [0.15, 0.2) is 0 Å². The second-order valence-electron chi connectivity index (χ2n) is 4.71. The van der Waals surface area contributed by atoms with Crippen LogP contribution in [0, 0.1) is 0 Å². The zero-order valence-corrected chi connectivity index (χ0v) is 14.3. The third-order valence-electron chi connectivity index (χ3n) is 3.19. The average molecular weight is 351 g/mol. The number of hydrogen-bond donors (Lipinski definition) is 1. The fraction of sp³-hybridized carbons (Fsp3) is 0.176. The Kier molecular flexibility index (Phi) is 6.02. The van der Waals surface area contributed by atoms with Crippen molar-refractivity contribution < 1.29 is 9.53 Å². The van der Waals surface area contributed by atoms with E-state index in [1.165, 1.54) is 13.2 Å². The van der Waals surface area contributed by atoms with Gasteiger partial charge in [-0.1, -0.05) is 42.3 Å². The van der Waals surface area contributed by atoms with Crippen LogP contribution < -0.4 is 10.2 Å². The lowest BCUT2D eigenvalue weighted by Crippen LogP contribution is -2.20. The molecule has 0 saturated heterocycles. The van der Waals surface area contributed by atoms with Gasteiger partial charge in [0.2, 0.25) is 0 Å². The van der Waals surface area contributed by atoms with Gasteiger partial charge in [-0.25, -0.2) is 5.43 Å². The van der Waals surface area contributed by atoms with Crippen molar-refractivity contribution in [3.8, 4) is 5.75 Å². The van der Waals surface area contributed by atoms with E-state index < -0.39 is 5.91 Å². The summed E-state index contributed by atoms with van der Waals surface area (Å²) < 4.78 is 5.17. The normalized spacial score (nSPS) is 11.2. The maximum absolute atomic E-state index is 12.3. The second kappa shape index (κ2) is 7.99. The molecule has 4 nitrogen and oxygen atoms in total. The Morgan fingerprint density at radius 3 is 2.57 bits per heavy atom. The van der Waals surface area contributed by atoms with E-state index in [1.54, 1.807) is 24.3 Å². The van der Waals surface area contributed by atoms with Gasteiger partial charge >= 0.3 is 0 Å². The number of nitrogens with one attached hydrogen (secondary N) is 1. The minimum atomic E-state index is -0.391. The molecule has 0 saturated carbocycles. The summed E-state index contributed by atoms with van der Waals surface area (Å²) in [6.45, 7) is 1.95. The molecule has 6 heteroatoms. The minimum Gasteiger partial charge on any atom is -0.496 e. The van der Waals surface area contributed by atoms with E-state index in [-0.39, 0.29) is 0 Å². The Morgan fingerprint density at radius 1 is 1.17 bits per heavy atom. The Hall–Kier alpha value is -2.04. The number of benzene rings is 2. The Labute approximate surface area is 145 Å². The highest BCUT2D eigenvalue weighted by Crippen LogP contribution is 2.22. The summed E-state index contributed by atoms with van der Waals surface area (Å²) in [4.78, 5) is 12.3. The van der Waals surface area contributed by atoms with Gasteiger partial charge in [-0.05, 0) is 42.3 Å². The number of carbonyl (C=O) groups is 1. The van der Waals surface area contributed by atoms with Gasteiger partial charge in [-0.2, -0.15) is 5.10 Å². The highest BCUT2D eigenvalue weighted by Gasteiger charge is 2.13. The van der Waals surface area contributed by atoms with Crippen molar-refractivity contribution in [2.24, 2.45) is 5.10 Å². The molecule has 0 unspecified atom stereocenters. The van der Waals surface area contributed by atoms with E-state index in [2.05, 4.69) is 10.5 Å². The molecule has 1 N–H and O–H groups in total. The van der Waals surface area contributed by atoms with Crippen molar-refractivity contribution in [1.82, 2.24) is 5.43 Å². The summed E-state index contributed by atoms with van der Waals surface area (Å²) in [5.41, 5.74) is 4.45. The number of hydrazone groups is 1. The van der Waals surface area contributed by atoms with Gasteiger partial charge in [-0.3, -0.25) is 4.79 Å². The lowest BCUT2D eigenvalue weighted by molar-refractivity contribution is 0.0952. The summed E-state index contributed by atoms with van der Waals surface area (Å²) >= 11 is 11.9. The first-order chi connectivity index (χ1) is 11.0. The maximum atomic E-state index is 12.3. The number of ether oxygens (including phenoxy) is 1. The molecule has 2 aromatic rings. The van der Waals surface area contributed by atoms with Crippen molar-refractivity contribution in [3.05, 3.63) is 63.6 Å². The highest BCUT2D eigenvalue weighted by molar-refractivity contribution is 6.31. The van der Waals surface area contributed by atoms with E-state index in [9.17, 15) is 4.79 Å². The van der Waals surface area contributed by atoms with Crippen LogP contribution in [0.5, 0.6) is 5.75 Å². The molecule has 23 heavy (non-hydrogen) atoms. The molecule has 0 spiro atoms. The molecule has 1 amide bonds. The lowest BCUT2D eigenvalue weighted by atomic mass is 10.1. The van der Waals surface area contributed by atoms with E-state index >= 15 is 0 Å². The molecule has 120 valence electrons. The standard InChI is InChI=1S/C17H16Cl2N2O2/c1-3-15(11-5-4-6-12(18)9-11)20-21-17(22)14-10-13(19)7-8-16(14)23-2/h4-10H,3H2,1-2H3,(H,21,22). The highest BCUT2D eigenvalue weighted by atomic mass is 35.5. The third-order valence-corrected chi connectivity index (χ3v) is 3.66. The molecule has 0 heterocycles. The first-order valence-electron chi connectivity index (χ1n) is 7.01. The molecule has 2 rings (SSSR count). The molecule has 0 aliphatic carbocycles. The SMILES string of the molecule is CCC(=NNC(=O)c1cc(Cl)ccc1OC)c1cccc(Cl)c1. The summed E-state index contributed by atoms with van der Waals surface area (Å²) in [6, 6.07) is 12.1. The van der Waals surface area contributed by atoms with Gasteiger partial charge in [0, 0.05) is 10.0 Å². The quantitative estimate of drug-likeness (QED) is 0.635. The number of methoxy groups -OCH3 is 1. The van der Waals surface area contributed by atoms with Crippen LogP contribution in [-0.4, -0.2) is 18.7 Å². The Balaban J connectivity index is 2.24. The van der Waals surface area contributed by atoms with Crippen molar-refractivity contribution in [3.63, 3.8) is 0 Å². The third kappa shape index (κ3) is 4.47. The van der Waals surface area contributed by atoms with Crippen LogP contribution in [0.15, 0.2) is 47.6 Å². The number of rotatable bonds is 5. The molecule has 0 bridgehead atoms. The topological polar surface area (TPSA) is 50.7 Å². The number of halogens is 2. The first-order valence-corrected chi connectivity index (χ1v) is 7.77. The van der Waals surface area contributed by atoms with Crippen LogP contribution >= 0.6 is 23.2 Å². The van der Waals surface area contributed by atoms with Crippen LogP contribution in [0.4, 0.5) is 0 Å². The summed E-state index contributed by atoms with van der Waals surface area (Å²) in [5.74, 6) is 0.0419. The second-order valence-corrected chi connectivity index (χ2v) is 5.58. The minimum absolute atomic E-state index is 0.324. The molecule has 0 fully saturated rings. The van der Waals surface area contributed by atoms with Crippen molar-refractivity contribution >= 4 is 34.8 Å². The molecule has 0 aromatic heterocycles. The van der Waals surface area contributed by atoms with E-state index in [0.29, 0.717) is 27.8 Å². The molecular formula is C17H16Cl2N2O2. The largest absolute Gasteiger partial charge is 0.496 e. The zero-order valence-electron chi connectivity index (χ0n) is 12.8. The monoisotopic (exact) mass is 350 g/mol. The van der Waals surface area contributed by atoms with Crippen LogP contribution in [0.3, 0.4) is 0 Å². The Bertz CT molecular complexity index is 745. The fourth-order valence-corrected chi connectivity index (χ4v) is 2.41. The first kappa shape index (κ1) is 17.3. The number of hydrogen-bond acceptors (Lipinski definition) is 3. The summed E-state index contributed by atoms with van der Waals surface area (Å²) in [7, 11) is 1.49. The number of carbonyl (C=O) groups excluding carboxylic acids is 1. The van der Waals surface area contributed by atoms with Crippen LogP contribution in [0.25, 0.3) is 0 Å². The van der Waals surface area contributed by atoms with Crippen LogP contribution in [-0.2, 0) is 0 Å². The van der Waals surface area contributed by atoms with Crippen LogP contribution in [0.2, 0.25) is 10.0 Å². The Morgan fingerprint density at radius 2 is 1.91 bits per heavy atom. The van der Waals surface area contributed by atoms with Crippen molar-refractivity contribution in [1.29, 1.82) is 0 Å². The van der Waals surface area contributed by atoms with E-state index in [0.717, 1.165) is 11.3 Å². The lowest BCUT2D eigenvalue weighted by Gasteiger charge is -2.09. The molecule has 0 radical (unpaired) electrons. The van der Waals surface area contributed by atoms with Crippen molar-refractivity contribution in [2.45, 2.75) is 13.3 Å². The molecule has 0 aliphatic rings. The predicted octanol–water partition coefficient (Wildman–Crippen LogP) is 4.55. The molecule has 0 aliphatic heterocycles. The average Bonchev–Trinajstić information content (AvgIpc) is 2.55. The van der Waals surface area contributed by atoms with E-state index in [4.69, 9.17) is 27.9 Å². The van der Waals surface area contributed by atoms with Gasteiger partial charge in [-0.15, -0.1) is 0 Å². The van der Waals surface area contributed by atoms with Crippen LogP contribution in [0.1, 0.15) is 29.3 Å². The number of amides is 1.